The summed E-state index contributed by atoms with van der Waals surface area (Å²) in [6, 6.07) is 0.835. The van der Waals surface area contributed by atoms with Gasteiger partial charge in [-0.15, -0.1) is 0 Å². The van der Waals surface area contributed by atoms with E-state index in [4.69, 9.17) is 16.3 Å². The molecule has 2 aliphatic rings. The molecule has 1 saturated heterocycles. The highest BCUT2D eigenvalue weighted by atomic mass is 35.5. The fraction of sp³-hybridized carbons (Fsp3) is 0.625. The van der Waals surface area contributed by atoms with Crippen LogP contribution in [-0.4, -0.2) is 41.7 Å². The van der Waals surface area contributed by atoms with Crippen LogP contribution in [0.25, 0.3) is 6.08 Å². The van der Waals surface area contributed by atoms with Crippen molar-refractivity contribution in [3.63, 3.8) is 0 Å². The van der Waals surface area contributed by atoms with E-state index in [0.717, 1.165) is 43.2 Å². The summed E-state index contributed by atoms with van der Waals surface area (Å²) < 4.78 is 5.64. The number of piperazine rings is 1. The van der Waals surface area contributed by atoms with Gasteiger partial charge in [-0.25, -0.2) is 9.97 Å². The van der Waals surface area contributed by atoms with Gasteiger partial charge in [0.2, 0.25) is 5.28 Å². The van der Waals surface area contributed by atoms with Crippen LogP contribution >= 0.6 is 11.6 Å². The summed E-state index contributed by atoms with van der Waals surface area (Å²) in [5.74, 6) is 1.97. The van der Waals surface area contributed by atoms with Crippen molar-refractivity contribution in [3.8, 4) is 0 Å². The molecule has 5 nitrogen and oxygen atoms in total. The molecule has 1 aliphatic carbocycles. The summed E-state index contributed by atoms with van der Waals surface area (Å²) in [4.78, 5) is 11.3. The molecule has 1 aromatic rings. The molecule has 120 valence electrons. The van der Waals surface area contributed by atoms with Crippen LogP contribution in [0.3, 0.4) is 0 Å². The summed E-state index contributed by atoms with van der Waals surface area (Å²) >= 11 is 6.18. The van der Waals surface area contributed by atoms with Crippen LogP contribution in [0, 0.1) is 0 Å². The van der Waals surface area contributed by atoms with Crippen molar-refractivity contribution in [1.29, 1.82) is 0 Å². The standard InChI is InChI=1S/C16H23ClN4O/c1-4-22-12-5-6-13-14(7-12)19-16(17)20-15(13)21-9-10(2)18-8-11(21)3/h7,10-11,18H,4-6,8-9H2,1-3H3/t10-,11+/m1/s1. The Balaban J connectivity index is 1.99. The van der Waals surface area contributed by atoms with Crippen molar-refractivity contribution in [2.75, 3.05) is 24.6 Å². The number of hydrogen-bond donors (Lipinski definition) is 1. The first-order chi connectivity index (χ1) is 10.6. The molecule has 0 bridgehead atoms. The highest BCUT2D eigenvalue weighted by molar-refractivity contribution is 6.28. The van der Waals surface area contributed by atoms with E-state index < -0.39 is 0 Å². The predicted molar refractivity (Wildman–Crippen MR) is 89.2 cm³/mol. The van der Waals surface area contributed by atoms with Gasteiger partial charge in [-0.2, -0.15) is 0 Å². The number of hydrogen-bond acceptors (Lipinski definition) is 5. The monoisotopic (exact) mass is 322 g/mol. The number of rotatable bonds is 3. The third kappa shape index (κ3) is 3.06. The Morgan fingerprint density at radius 2 is 2.18 bits per heavy atom. The van der Waals surface area contributed by atoms with Gasteiger partial charge in [0.1, 0.15) is 5.82 Å². The first kappa shape index (κ1) is 15.6. The van der Waals surface area contributed by atoms with Gasteiger partial charge in [0.25, 0.3) is 0 Å². The number of nitrogens with one attached hydrogen (secondary N) is 1. The Labute approximate surface area is 136 Å². The molecule has 2 atom stereocenters. The largest absolute Gasteiger partial charge is 0.498 e. The smallest absolute Gasteiger partial charge is 0.224 e. The van der Waals surface area contributed by atoms with E-state index >= 15 is 0 Å². The molecular formula is C16H23ClN4O. The quantitative estimate of drug-likeness (QED) is 0.867. The zero-order valence-electron chi connectivity index (χ0n) is 13.4. The highest BCUT2D eigenvalue weighted by Gasteiger charge is 2.28. The second kappa shape index (κ2) is 6.42. The average molecular weight is 323 g/mol. The molecule has 1 aromatic heterocycles. The molecular weight excluding hydrogens is 300 g/mol. The van der Waals surface area contributed by atoms with Crippen molar-refractivity contribution in [3.05, 3.63) is 22.3 Å². The lowest BCUT2D eigenvalue weighted by Gasteiger charge is -2.39. The third-order valence-electron chi connectivity index (χ3n) is 4.28. The number of aromatic nitrogens is 2. The number of fused-ring (bicyclic) bond motifs is 1. The zero-order valence-corrected chi connectivity index (χ0v) is 14.2. The first-order valence-electron chi connectivity index (χ1n) is 7.98. The van der Waals surface area contributed by atoms with Crippen molar-refractivity contribution >= 4 is 23.5 Å². The van der Waals surface area contributed by atoms with E-state index in [1.165, 1.54) is 5.56 Å². The zero-order chi connectivity index (χ0) is 15.7. The van der Waals surface area contributed by atoms with E-state index in [2.05, 4.69) is 34.0 Å². The molecule has 1 N–H and O–H groups in total. The molecule has 1 aliphatic heterocycles. The lowest BCUT2D eigenvalue weighted by molar-refractivity contribution is 0.221. The Bertz CT molecular complexity index is 590. The van der Waals surface area contributed by atoms with Gasteiger partial charge in [-0.05, 0) is 38.8 Å². The summed E-state index contributed by atoms with van der Waals surface area (Å²) in [6.07, 6.45) is 3.81. The number of allylic oxidation sites excluding steroid dienone is 1. The maximum atomic E-state index is 6.18. The van der Waals surface area contributed by atoms with Gasteiger partial charge in [0.15, 0.2) is 0 Å². The van der Waals surface area contributed by atoms with Crippen LogP contribution < -0.4 is 10.2 Å². The molecule has 0 unspecified atom stereocenters. The number of anilines is 1. The van der Waals surface area contributed by atoms with Gasteiger partial charge >= 0.3 is 0 Å². The van der Waals surface area contributed by atoms with Crippen molar-refractivity contribution < 1.29 is 4.74 Å². The van der Waals surface area contributed by atoms with E-state index in [1.807, 2.05) is 13.0 Å². The van der Waals surface area contributed by atoms with E-state index in [-0.39, 0.29) is 0 Å². The molecule has 0 spiro atoms. The first-order valence-corrected chi connectivity index (χ1v) is 8.36. The molecule has 3 rings (SSSR count). The summed E-state index contributed by atoms with van der Waals surface area (Å²) in [7, 11) is 0. The van der Waals surface area contributed by atoms with Crippen LogP contribution in [-0.2, 0) is 11.2 Å². The average Bonchev–Trinajstić information content (AvgIpc) is 2.49. The Hall–Kier alpha value is -1.33. The molecule has 0 saturated carbocycles. The Morgan fingerprint density at radius 3 is 2.95 bits per heavy atom. The minimum absolute atomic E-state index is 0.307. The van der Waals surface area contributed by atoms with E-state index in [1.54, 1.807) is 0 Å². The van der Waals surface area contributed by atoms with Crippen molar-refractivity contribution in [2.45, 2.75) is 45.7 Å². The van der Waals surface area contributed by atoms with Crippen LogP contribution in [0.1, 0.15) is 38.4 Å². The third-order valence-corrected chi connectivity index (χ3v) is 4.44. The minimum atomic E-state index is 0.307. The fourth-order valence-corrected chi connectivity index (χ4v) is 3.32. The number of nitrogens with zero attached hydrogens (tertiary/aromatic N) is 3. The van der Waals surface area contributed by atoms with Crippen LogP contribution in [0.15, 0.2) is 5.76 Å². The minimum Gasteiger partial charge on any atom is -0.498 e. The molecule has 0 amide bonds. The summed E-state index contributed by atoms with van der Waals surface area (Å²) in [6.45, 7) is 8.98. The van der Waals surface area contributed by atoms with E-state index in [9.17, 15) is 0 Å². The Morgan fingerprint density at radius 1 is 1.36 bits per heavy atom. The summed E-state index contributed by atoms with van der Waals surface area (Å²) in [5, 5.41) is 3.81. The second-order valence-corrected chi connectivity index (χ2v) is 6.37. The lowest BCUT2D eigenvalue weighted by Crippen LogP contribution is -2.55. The molecule has 1 fully saturated rings. The van der Waals surface area contributed by atoms with E-state index in [0.29, 0.717) is 24.0 Å². The Kier molecular flexibility index (Phi) is 4.54. The van der Waals surface area contributed by atoms with Crippen molar-refractivity contribution in [1.82, 2.24) is 15.3 Å². The summed E-state index contributed by atoms with van der Waals surface area (Å²) in [5.41, 5.74) is 2.09. The van der Waals surface area contributed by atoms with Gasteiger partial charge < -0.3 is 15.0 Å². The fourth-order valence-electron chi connectivity index (χ4n) is 3.15. The molecule has 0 aromatic carbocycles. The highest BCUT2D eigenvalue weighted by Crippen LogP contribution is 2.32. The predicted octanol–water partition coefficient (Wildman–Crippen LogP) is 2.64. The molecule has 22 heavy (non-hydrogen) atoms. The van der Waals surface area contributed by atoms with Crippen LogP contribution in [0.2, 0.25) is 5.28 Å². The molecule has 2 heterocycles. The van der Waals surface area contributed by atoms with Gasteiger partial charge in [-0.1, -0.05) is 0 Å². The van der Waals surface area contributed by atoms with Crippen LogP contribution in [0.5, 0.6) is 0 Å². The van der Waals surface area contributed by atoms with Gasteiger partial charge in [0.05, 0.1) is 18.1 Å². The number of halogens is 1. The molecule has 6 heteroatoms. The van der Waals surface area contributed by atoms with Crippen molar-refractivity contribution in [2.24, 2.45) is 0 Å². The normalized spacial score (nSPS) is 24.7. The van der Waals surface area contributed by atoms with Gasteiger partial charge in [0, 0.05) is 43.2 Å². The lowest BCUT2D eigenvalue weighted by atomic mass is 9.99. The maximum Gasteiger partial charge on any atom is 0.224 e. The van der Waals surface area contributed by atoms with Crippen LogP contribution in [0.4, 0.5) is 5.82 Å². The SMILES string of the molecule is CCOC1=Cc2nc(Cl)nc(N3C[C@@H](C)NC[C@@H]3C)c2CC1. The topological polar surface area (TPSA) is 50.3 Å². The molecule has 0 radical (unpaired) electrons. The number of ether oxygens (including phenoxy) is 1. The maximum absolute atomic E-state index is 6.18. The van der Waals surface area contributed by atoms with Gasteiger partial charge in [-0.3, -0.25) is 0 Å². The second-order valence-electron chi connectivity index (χ2n) is 6.03.